The minimum atomic E-state index is -0.529. The topological polar surface area (TPSA) is 59.8 Å². The van der Waals surface area contributed by atoms with Crippen molar-refractivity contribution in [2.75, 3.05) is 26.3 Å². The standard InChI is InChI=1S/C29H39N3O3/c1-21(2)19-34-20-26(33)17-31(16-24-12-13-24)18-28-23(4)30-32(25-8-6-5-7-9-25)29(28)35-27-14-10-22(3)11-15-27/h5-11,14-15,21,24,26,33H,12-13,16-20H2,1-4H3/t26-/m1/s1. The molecule has 1 heterocycles. The van der Waals surface area contributed by atoms with Gasteiger partial charge in [-0.15, -0.1) is 0 Å². The molecule has 0 amide bonds. The molecule has 1 N–H and O–H groups in total. The van der Waals surface area contributed by atoms with E-state index in [-0.39, 0.29) is 0 Å². The van der Waals surface area contributed by atoms with Gasteiger partial charge in [-0.25, -0.2) is 4.68 Å². The number of rotatable bonds is 13. The van der Waals surface area contributed by atoms with Gasteiger partial charge >= 0.3 is 0 Å². The minimum Gasteiger partial charge on any atom is -0.439 e. The largest absolute Gasteiger partial charge is 0.439 e. The maximum Gasteiger partial charge on any atom is 0.227 e. The molecule has 188 valence electrons. The number of hydrogen-bond acceptors (Lipinski definition) is 5. The Kier molecular flexibility index (Phi) is 8.60. The third-order valence-corrected chi connectivity index (χ3v) is 6.20. The third kappa shape index (κ3) is 7.40. The monoisotopic (exact) mass is 477 g/mol. The average molecular weight is 478 g/mol. The first kappa shape index (κ1) is 25.4. The van der Waals surface area contributed by atoms with Crippen molar-refractivity contribution in [1.82, 2.24) is 14.7 Å². The molecule has 1 aromatic heterocycles. The van der Waals surface area contributed by atoms with Crippen molar-refractivity contribution >= 4 is 0 Å². The van der Waals surface area contributed by atoms with Gasteiger partial charge in [-0.1, -0.05) is 49.7 Å². The van der Waals surface area contributed by atoms with Gasteiger partial charge in [-0.05, 0) is 62.8 Å². The maximum absolute atomic E-state index is 10.7. The van der Waals surface area contributed by atoms with Crippen LogP contribution < -0.4 is 4.74 Å². The molecular weight excluding hydrogens is 438 g/mol. The second kappa shape index (κ2) is 11.8. The lowest BCUT2D eigenvalue weighted by Gasteiger charge is -2.25. The molecule has 6 heteroatoms. The fourth-order valence-electron chi connectivity index (χ4n) is 4.17. The Labute approximate surface area is 209 Å². The van der Waals surface area contributed by atoms with E-state index in [1.165, 1.54) is 18.4 Å². The van der Waals surface area contributed by atoms with E-state index >= 15 is 0 Å². The second-order valence-electron chi connectivity index (χ2n) is 10.3. The number of ether oxygens (including phenoxy) is 2. The molecule has 1 aliphatic carbocycles. The highest BCUT2D eigenvalue weighted by atomic mass is 16.5. The quantitative estimate of drug-likeness (QED) is 0.351. The maximum atomic E-state index is 10.7. The highest BCUT2D eigenvalue weighted by molar-refractivity contribution is 5.43. The zero-order chi connectivity index (χ0) is 24.8. The van der Waals surface area contributed by atoms with E-state index in [0.29, 0.717) is 38.1 Å². The SMILES string of the molecule is Cc1ccc(Oc2c(CN(CC3CC3)C[C@@H](O)COCC(C)C)c(C)nn2-c2ccccc2)cc1. The molecule has 1 fully saturated rings. The molecule has 0 bridgehead atoms. The van der Waals surface area contributed by atoms with Crippen LogP contribution in [0.4, 0.5) is 0 Å². The van der Waals surface area contributed by atoms with Crippen LogP contribution in [0, 0.1) is 25.7 Å². The van der Waals surface area contributed by atoms with Crippen LogP contribution >= 0.6 is 0 Å². The van der Waals surface area contributed by atoms with Gasteiger partial charge in [0, 0.05) is 26.2 Å². The average Bonchev–Trinajstić information content (AvgIpc) is 3.60. The highest BCUT2D eigenvalue weighted by Crippen LogP contribution is 2.34. The molecule has 1 saturated carbocycles. The van der Waals surface area contributed by atoms with Crippen molar-refractivity contribution in [3.05, 3.63) is 71.4 Å². The summed E-state index contributed by atoms with van der Waals surface area (Å²) in [5.74, 6) is 2.66. The lowest BCUT2D eigenvalue weighted by atomic mass is 10.2. The molecule has 1 atom stereocenters. The first-order valence-electron chi connectivity index (χ1n) is 12.8. The van der Waals surface area contributed by atoms with Gasteiger partial charge in [0.2, 0.25) is 5.88 Å². The summed E-state index contributed by atoms with van der Waals surface area (Å²) in [6, 6.07) is 18.2. The Morgan fingerprint density at radius 3 is 2.40 bits per heavy atom. The summed E-state index contributed by atoms with van der Waals surface area (Å²) in [4.78, 5) is 2.34. The van der Waals surface area contributed by atoms with E-state index in [9.17, 15) is 5.11 Å². The van der Waals surface area contributed by atoms with Crippen LogP contribution in [0.2, 0.25) is 0 Å². The van der Waals surface area contributed by atoms with E-state index in [4.69, 9.17) is 14.6 Å². The van der Waals surface area contributed by atoms with Crippen molar-refractivity contribution in [3.8, 4) is 17.3 Å². The van der Waals surface area contributed by atoms with Gasteiger partial charge in [0.05, 0.1) is 29.7 Å². The van der Waals surface area contributed by atoms with Crippen LogP contribution in [0.25, 0.3) is 5.69 Å². The summed E-state index contributed by atoms with van der Waals surface area (Å²) >= 11 is 0. The Morgan fingerprint density at radius 1 is 1.03 bits per heavy atom. The van der Waals surface area contributed by atoms with Crippen molar-refractivity contribution in [1.29, 1.82) is 0 Å². The van der Waals surface area contributed by atoms with Crippen molar-refractivity contribution in [2.24, 2.45) is 11.8 Å². The molecule has 1 aliphatic rings. The van der Waals surface area contributed by atoms with Crippen LogP contribution in [-0.4, -0.2) is 52.2 Å². The molecule has 6 nitrogen and oxygen atoms in total. The molecule has 0 aliphatic heterocycles. The lowest BCUT2D eigenvalue weighted by Crippen LogP contribution is -2.36. The summed E-state index contributed by atoms with van der Waals surface area (Å²) in [6.07, 6.45) is 1.98. The van der Waals surface area contributed by atoms with E-state index < -0.39 is 6.10 Å². The van der Waals surface area contributed by atoms with Crippen LogP contribution in [0.15, 0.2) is 54.6 Å². The molecule has 4 rings (SSSR count). The van der Waals surface area contributed by atoms with Gasteiger partial charge in [0.1, 0.15) is 5.75 Å². The van der Waals surface area contributed by atoms with Gasteiger partial charge in [0.25, 0.3) is 0 Å². The molecule has 0 saturated heterocycles. The van der Waals surface area contributed by atoms with Gasteiger partial charge in [-0.3, -0.25) is 4.90 Å². The second-order valence-corrected chi connectivity index (χ2v) is 10.3. The molecule has 0 unspecified atom stereocenters. The first-order chi connectivity index (χ1) is 16.9. The fourth-order valence-corrected chi connectivity index (χ4v) is 4.17. The Morgan fingerprint density at radius 2 is 1.74 bits per heavy atom. The third-order valence-electron chi connectivity index (χ3n) is 6.20. The Balaban J connectivity index is 1.59. The molecule has 0 spiro atoms. The number of aryl methyl sites for hydroxylation is 2. The van der Waals surface area contributed by atoms with E-state index in [2.05, 4.69) is 37.8 Å². The van der Waals surface area contributed by atoms with Crippen LogP contribution in [0.5, 0.6) is 11.6 Å². The number of para-hydroxylation sites is 1. The minimum absolute atomic E-state index is 0.355. The summed E-state index contributed by atoms with van der Waals surface area (Å²) in [6.45, 7) is 11.6. The van der Waals surface area contributed by atoms with E-state index in [1.54, 1.807) is 0 Å². The van der Waals surface area contributed by atoms with Crippen LogP contribution in [0.1, 0.15) is 43.5 Å². The summed E-state index contributed by atoms with van der Waals surface area (Å²) in [7, 11) is 0. The molecule has 2 aromatic carbocycles. The van der Waals surface area contributed by atoms with Gasteiger partial charge < -0.3 is 14.6 Å². The normalized spacial score (nSPS) is 14.6. The van der Waals surface area contributed by atoms with Crippen molar-refractivity contribution in [3.63, 3.8) is 0 Å². The number of aliphatic hydroxyl groups excluding tert-OH is 1. The van der Waals surface area contributed by atoms with Gasteiger partial charge in [0.15, 0.2) is 0 Å². The van der Waals surface area contributed by atoms with Crippen molar-refractivity contribution in [2.45, 2.75) is 53.2 Å². The number of aliphatic hydroxyl groups is 1. The molecule has 35 heavy (non-hydrogen) atoms. The Hall–Kier alpha value is -2.67. The summed E-state index contributed by atoms with van der Waals surface area (Å²) in [5.41, 5.74) is 4.13. The molecular formula is C29H39N3O3. The number of benzene rings is 2. The van der Waals surface area contributed by atoms with E-state index in [1.807, 2.05) is 54.1 Å². The zero-order valence-corrected chi connectivity index (χ0v) is 21.5. The Bertz CT molecular complexity index is 1060. The predicted octanol–water partition coefficient (Wildman–Crippen LogP) is 5.53. The number of hydrogen-bond donors (Lipinski definition) is 1. The number of nitrogens with zero attached hydrogens (tertiary/aromatic N) is 3. The lowest BCUT2D eigenvalue weighted by molar-refractivity contribution is 0.00609. The van der Waals surface area contributed by atoms with Gasteiger partial charge in [-0.2, -0.15) is 5.10 Å². The predicted molar refractivity (Wildman–Crippen MR) is 139 cm³/mol. The summed E-state index contributed by atoms with van der Waals surface area (Å²) < 4.78 is 14.1. The molecule has 3 aromatic rings. The van der Waals surface area contributed by atoms with Crippen LogP contribution in [0.3, 0.4) is 0 Å². The highest BCUT2D eigenvalue weighted by Gasteiger charge is 2.28. The summed E-state index contributed by atoms with van der Waals surface area (Å²) in [5, 5.41) is 15.6. The smallest absolute Gasteiger partial charge is 0.227 e. The van der Waals surface area contributed by atoms with E-state index in [0.717, 1.165) is 35.1 Å². The van der Waals surface area contributed by atoms with Crippen LogP contribution in [-0.2, 0) is 11.3 Å². The van der Waals surface area contributed by atoms with Crippen molar-refractivity contribution < 1.29 is 14.6 Å². The first-order valence-corrected chi connectivity index (χ1v) is 12.8. The fraction of sp³-hybridized carbons (Fsp3) is 0.483. The number of aromatic nitrogens is 2. The zero-order valence-electron chi connectivity index (χ0n) is 21.5. The molecule has 0 radical (unpaired) electrons.